The summed E-state index contributed by atoms with van der Waals surface area (Å²) in [4.78, 5) is 14.8. The quantitative estimate of drug-likeness (QED) is 0.636. The SMILES string of the molecule is CCSc1nc2cc(F)c(F)cc2c(C)c1OC=O. The molecular weight excluding hydrogens is 272 g/mol. The molecule has 0 saturated heterocycles. The second-order valence-electron chi connectivity index (χ2n) is 3.80. The summed E-state index contributed by atoms with van der Waals surface area (Å²) in [7, 11) is 0. The smallest absolute Gasteiger partial charge is 0.298 e. The summed E-state index contributed by atoms with van der Waals surface area (Å²) < 4.78 is 31.4. The summed E-state index contributed by atoms with van der Waals surface area (Å²) in [6.07, 6.45) is 0. The van der Waals surface area contributed by atoms with Crippen molar-refractivity contribution in [3.05, 3.63) is 29.3 Å². The van der Waals surface area contributed by atoms with Crippen molar-refractivity contribution in [1.29, 1.82) is 0 Å². The number of rotatable bonds is 4. The molecule has 2 aromatic rings. The van der Waals surface area contributed by atoms with Crippen LogP contribution in [-0.4, -0.2) is 17.2 Å². The zero-order valence-electron chi connectivity index (χ0n) is 10.4. The van der Waals surface area contributed by atoms with Crippen LogP contribution in [0.2, 0.25) is 0 Å². The molecule has 0 aliphatic heterocycles. The minimum absolute atomic E-state index is 0.292. The summed E-state index contributed by atoms with van der Waals surface area (Å²) >= 11 is 1.37. The minimum Gasteiger partial charge on any atom is -0.426 e. The summed E-state index contributed by atoms with van der Waals surface area (Å²) in [5.41, 5.74) is 0.901. The Hall–Kier alpha value is -1.69. The summed E-state index contributed by atoms with van der Waals surface area (Å²) in [5.74, 6) is -0.891. The van der Waals surface area contributed by atoms with Gasteiger partial charge in [0.1, 0.15) is 5.03 Å². The van der Waals surface area contributed by atoms with Crippen LogP contribution in [0.3, 0.4) is 0 Å². The largest absolute Gasteiger partial charge is 0.426 e. The molecule has 100 valence electrons. The van der Waals surface area contributed by atoms with Crippen LogP contribution in [0.1, 0.15) is 12.5 Å². The van der Waals surface area contributed by atoms with Gasteiger partial charge < -0.3 is 4.74 Å². The maximum atomic E-state index is 13.3. The molecule has 0 atom stereocenters. The molecule has 0 aliphatic rings. The first kappa shape index (κ1) is 13.7. The highest BCUT2D eigenvalue weighted by Gasteiger charge is 2.16. The molecule has 0 unspecified atom stereocenters. The van der Waals surface area contributed by atoms with Gasteiger partial charge in [0.15, 0.2) is 17.4 Å². The lowest BCUT2D eigenvalue weighted by Gasteiger charge is -2.11. The van der Waals surface area contributed by atoms with E-state index in [-0.39, 0.29) is 0 Å². The van der Waals surface area contributed by atoms with Gasteiger partial charge in [-0.15, -0.1) is 11.8 Å². The van der Waals surface area contributed by atoms with E-state index >= 15 is 0 Å². The average molecular weight is 283 g/mol. The topological polar surface area (TPSA) is 39.2 Å². The highest BCUT2D eigenvalue weighted by atomic mass is 32.2. The van der Waals surface area contributed by atoms with E-state index in [2.05, 4.69) is 4.98 Å². The second-order valence-corrected chi connectivity index (χ2v) is 5.05. The molecule has 0 fully saturated rings. The fraction of sp³-hybridized carbons (Fsp3) is 0.231. The van der Waals surface area contributed by atoms with E-state index in [4.69, 9.17) is 4.74 Å². The predicted octanol–water partition coefficient (Wildman–Crippen LogP) is 3.47. The van der Waals surface area contributed by atoms with Gasteiger partial charge in [-0.3, -0.25) is 4.79 Å². The number of aromatic nitrogens is 1. The number of hydrogen-bond donors (Lipinski definition) is 0. The van der Waals surface area contributed by atoms with Crippen molar-refractivity contribution < 1.29 is 18.3 Å². The van der Waals surface area contributed by atoms with Crippen molar-refractivity contribution in [3.8, 4) is 5.75 Å². The molecular formula is C13H11F2NO2S. The van der Waals surface area contributed by atoms with E-state index in [1.54, 1.807) is 6.92 Å². The van der Waals surface area contributed by atoms with Gasteiger partial charge in [-0.05, 0) is 18.7 Å². The van der Waals surface area contributed by atoms with Gasteiger partial charge in [-0.25, -0.2) is 13.8 Å². The Kier molecular flexibility index (Phi) is 3.99. The number of nitrogens with zero attached hydrogens (tertiary/aromatic N) is 1. The summed E-state index contributed by atoms with van der Waals surface area (Å²) in [5, 5.41) is 0.918. The number of pyridine rings is 1. The van der Waals surface area contributed by atoms with Crippen LogP contribution in [0.25, 0.3) is 10.9 Å². The van der Waals surface area contributed by atoms with Crippen molar-refractivity contribution in [1.82, 2.24) is 4.98 Å². The van der Waals surface area contributed by atoms with Crippen LogP contribution in [0.15, 0.2) is 17.2 Å². The first-order chi connectivity index (χ1) is 9.08. The monoisotopic (exact) mass is 283 g/mol. The molecule has 1 heterocycles. The Morgan fingerprint density at radius 3 is 2.68 bits per heavy atom. The Morgan fingerprint density at radius 1 is 1.37 bits per heavy atom. The maximum absolute atomic E-state index is 13.3. The van der Waals surface area contributed by atoms with E-state index in [0.29, 0.717) is 33.7 Å². The molecule has 0 bridgehead atoms. The number of thioether (sulfide) groups is 1. The molecule has 0 aliphatic carbocycles. The molecule has 0 amide bonds. The summed E-state index contributed by atoms with van der Waals surface area (Å²) in [6.45, 7) is 3.90. The highest BCUT2D eigenvalue weighted by molar-refractivity contribution is 7.99. The molecule has 0 spiro atoms. The van der Waals surface area contributed by atoms with Gasteiger partial charge in [0.2, 0.25) is 0 Å². The third kappa shape index (κ3) is 2.53. The standard InChI is InChI=1S/C13H11F2NO2S/c1-3-19-13-12(18-6-17)7(2)8-4-9(14)10(15)5-11(8)16-13/h4-6H,3H2,1-2H3. The van der Waals surface area contributed by atoms with E-state index in [1.165, 1.54) is 11.8 Å². The Balaban J connectivity index is 2.76. The van der Waals surface area contributed by atoms with Crippen LogP contribution in [-0.2, 0) is 4.79 Å². The van der Waals surface area contributed by atoms with Crippen LogP contribution in [0.5, 0.6) is 5.75 Å². The predicted molar refractivity (Wildman–Crippen MR) is 69.5 cm³/mol. The number of hydrogen-bond acceptors (Lipinski definition) is 4. The Morgan fingerprint density at radius 2 is 2.05 bits per heavy atom. The number of ether oxygens (including phenoxy) is 1. The number of carbonyl (C=O) groups is 1. The van der Waals surface area contributed by atoms with E-state index in [0.717, 1.165) is 17.9 Å². The van der Waals surface area contributed by atoms with Gasteiger partial charge in [-0.1, -0.05) is 6.92 Å². The van der Waals surface area contributed by atoms with Gasteiger partial charge in [-0.2, -0.15) is 0 Å². The Labute approximate surface area is 113 Å². The number of aryl methyl sites for hydroxylation is 1. The van der Waals surface area contributed by atoms with Crippen LogP contribution >= 0.6 is 11.8 Å². The molecule has 0 saturated carbocycles. The lowest BCUT2D eigenvalue weighted by Crippen LogP contribution is -1.99. The normalized spacial score (nSPS) is 10.7. The number of fused-ring (bicyclic) bond motifs is 1. The molecule has 0 radical (unpaired) electrons. The van der Waals surface area contributed by atoms with Crippen molar-refractivity contribution in [2.24, 2.45) is 0 Å². The highest BCUT2D eigenvalue weighted by Crippen LogP contribution is 2.35. The van der Waals surface area contributed by atoms with Crippen molar-refractivity contribution in [2.75, 3.05) is 5.75 Å². The lowest BCUT2D eigenvalue weighted by atomic mass is 10.1. The number of halogens is 2. The second kappa shape index (κ2) is 5.52. The van der Waals surface area contributed by atoms with Crippen molar-refractivity contribution >= 4 is 29.1 Å². The van der Waals surface area contributed by atoms with E-state index in [9.17, 15) is 13.6 Å². The maximum Gasteiger partial charge on any atom is 0.298 e. The molecule has 1 aromatic carbocycles. The lowest BCUT2D eigenvalue weighted by molar-refractivity contribution is -0.120. The van der Waals surface area contributed by atoms with Gasteiger partial charge in [0, 0.05) is 17.0 Å². The molecule has 19 heavy (non-hydrogen) atoms. The summed E-state index contributed by atoms with van der Waals surface area (Å²) in [6, 6.07) is 2.10. The molecule has 2 rings (SSSR count). The third-order valence-electron chi connectivity index (χ3n) is 2.65. The van der Waals surface area contributed by atoms with Crippen molar-refractivity contribution in [2.45, 2.75) is 18.9 Å². The average Bonchev–Trinajstić information content (AvgIpc) is 2.37. The zero-order valence-corrected chi connectivity index (χ0v) is 11.2. The fourth-order valence-electron chi connectivity index (χ4n) is 1.79. The number of benzene rings is 1. The first-order valence-corrected chi connectivity index (χ1v) is 6.59. The fourth-order valence-corrected chi connectivity index (χ4v) is 2.56. The molecule has 1 aromatic heterocycles. The molecule has 0 N–H and O–H groups in total. The number of carbonyl (C=O) groups excluding carboxylic acids is 1. The van der Waals surface area contributed by atoms with Crippen LogP contribution in [0.4, 0.5) is 8.78 Å². The third-order valence-corrected chi connectivity index (χ3v) is 3.49. The van der Waals surface area contributed by atoms with E-state index in [1.807, 2.05) is 6.92 Å². The van der Waals surface area contributed by atoms with Gasteiger partial charge >= 0.3 is 0 Å². The molecule has 6 heteroatoms. The first-order valence-electron chi connectivity index (χ1n) is 5.61. The van der Waals surface area contributed by atoms with E-state index < -0.39 is 11.6 Å². The van der Waals surface area contributed by atoms with Crippen LogP contribution < -0.4 is 4.74 Å². The Bertz CT molecular complexity index is 646. The molecule has 3 nitrogen and oxygen atoms in total. The van der Waals surface area contributed by atoms with Crippen molar-refractivity contribution in [3.63, 3.8) is 0 Å². The minimum atomic E-state index is -0.953. The van der Waals surface area contributed by atoms with Gasteiger partial charge in [0.05, 0.1) is 5.52 Å². The van der Waals surface area contributed by atoms with Gasteiger partial charge in [0.25, 0.3) is 6.47 Å². The zero-order chi connectivity index (χ0) is 14.0. The van der Waals surface area contributed by atoms with Crippen LogP contribution in [0, 0.1) is 18.6 Å².